The molecule has 2 heterocycles. The van der Waals surface area contributed by atoms with Crippen molar-refractivity contribution >= 4 is 9.84 Å². The maximum absolute atomic E-state index is 11.9. The first-order chi connectivity index (χ1) is 8.21. The van der Waals surface area contributed by atoms with Gasteiger partial charge in [0.25, 0.3) is 0 Å². The Hall–Kier alpha value is -0.130. The Morgan fingerprint density at radius 1 is 1.22 bits per heavy atom. The second-order valence-electron chi connectivity index (χ2n) is 6.67. The zero-order chi connectivity index (χ0) is 13.6. The van der Waals surface area contributed by atoms with E-state index in [4.69, 9.17) is 5.73 Å². The molecule has 5 heteroatoms. The monoisotopic (exact) mass is 274 g/mol. The van der Waals surface area contributed by atoms with Crippen molar-refractivity contribution in [2.45, 2.75) is 68.8 Å². The van der Waals surface area contributed by atoms with Crippen molar-refractivity contribution in [2.24, 2.45) is 5.73 Å². The molecule has 0 amide bonds. The van der Waals surface area contributed by atoms with E-state index >= 15 is 0 Å². The number of piperidine rings is 2. The summed E-state index contributed by atoms with van der Waals surface area (Å²) in [5.74, 6) is 0. The van der Waals surface area contributed by atoms with E-state index in [-0.39, 0.29) is 0 Å². The van der Waals surface area contributed by atoms with Gasteiger partial charge in [0, 0.05) is 30.9 Å². The molecule has 2 aliphatic rings. The molecule has 4 nitrogen and oxygen atoms in total. The van der Waals surface area contributed by atoms with Crippen LogP contribution in [0.1, 0.15) is 46.0 Å². The molecule has 0 aromatic rings. The summed E-state index contributed by atoms with van der Waals surface area (Å²) >= 11 is 0. The van der Waals surface area contributed by atoms with Gasteiger partial charge in [-0.15, -0.1) is 0 Å². The summed E-state index contributed by atoms with van der Waals surface area (Å²) < 4.78 is 23.1. The van der Waals surface area contributed by atoms with Gasteiger partial charge in [-0.1, -0.05) is 6.42 Å². The predicted molar refractivity (Wildman–Crippen MR) is 74.3 cm³/mol. The third kappa shape index (κ3) is 2.73. The number of hydrogen-bond donors (Lipinski definition) is 1. The lowest BCUT2D eigenvalue weighted by molar-refractivity contribution is 0.0254. The fourth-order valence-corrected chi connectivity index (χ4v) is 3.72. The first-order valence-electron chi connectivity index (χ1n) is 6.91. The Labute approximate surface area is 111 Å². The average Bonchev–Trinajstić information content (AvgIpc) is 2.17. The van der Waals surface area contributed by atoms with Crippen molar-refractivity contribution in [1.29, 1.82) is 0 Å². The number of nitrogens with two attached hydrogens (primary N) is 1. The molecular weight excluding hydrogens is 248 g/mol. The van der Waals surface area contributed by atoms with Crippen LogP contribution in [0, 0.1) is 0 Å². The highest BCUT2D eigenvalue weighted by molar-refractivity contribution is 7.92. The van der Waals surface area contributed by atoms with E-state index in [0.717, 1.165) is 12.8 Å². The summed E-state index contributed by atoms with van der Waals surface area (Å²) in [6, 6.07) is 1.29. The number of nitrogens with zero attached hydrogens (tertiary/aromatic N) is 1. The zero-order valence-corrected chi connectivity index (χ0v) is 12.5. The van der Waals surface area contributed by atoms with Crippen molar-refractivity contribution in [1.82, 2.24) is 4.90 Å². The van der Waals surface area contributed by atoms with Gasteiger partial charge >= 0.3 is 0 Å². The maximum atomic E-state index is 11.9. The van der Waals surface area contributed by atoms with Crippen molar-refractivity contribution in [3.63, 3.8) is 0 Å². The van der Waals surface area contributed by atoms with Crippen LogP contribution in [0.25, 0.3) is 0 Å². The van der Waals surface area contributed by atoms with E-state index < -0.39 is 14.6 Å². The molecule has 2 saturated heterocycles. The quantitative estimate of drug-likeness (QED) is 0.838. The van der Waals surface area contributed by atoms with Gasteiger partial charge in [0.1, 0.15) is 0 Å². The minimum absolute atomic E-state index is 0.304. The molecule has 0 aromatic heterocycles. The molecule has 0 radical (unpaired) electrons. The Kier molecular flexibility index (Phi) is 3.78. The van der Waals surface area contributed by atoms with E-state index in [2.05, 4.69) is 4.90 Å². The maximum Gasteiger partial charge on any atom is 0.153 e. The van der Waals surface area contributed by atoms with Crippen LogP contribution >= 0.6 is 0 Å². The molecule has 2 rings (SSSR count). The first kappa shape index (κ1) is 14.3. The normalized spacial score (nSPS) is 34.6. The molecule has 2 fully saturated rings. The van der Waals surface area contributed by atoms with Crippen LogP contribution in [0.5, 0.6) is 0 Å². The molecule has 2 atom stereocenters. The molecule has 18 heavy (non-hydrogen) atoms. The van der Waals surface area contributed by atoms with Gasteiger partial charge in [-0.2, -0.15) is 0 Å². The van der Waals surface area contributed by atoms with Crippen molar-refractivity contribution < 1.29 is 8.42 Å². The van der Waals surface area contributed by atoms with Gasteiger partial charge in [0.15, 0.2) is 9.84 Å². The van der Waals surface area contributed by atoms with E-state index in [1.54, 1.807) is 0 Å². The third-order valence-electron chi connectivity index (χ3n) is 4.73. The highest BCUT2D eigenvalue weighted by Gasteiger charge is 2.42. The molecule has 2 N–H and O–H groups in total. The second-order valence-corrected chi connectivity index (χ2v) is 9.32. The molecule has 0 spiro atoms. The summed E-state index contributed by atoms with van der Waals surface area (Å²) in [7, 11) is -3.02. The highest BCUT2D eigenvalue weighted by Crippen LogP contribution is 2.35. The van der Waals surface area contributed by atoms with Crippen LogP contribution in [0.15, 0.2) is 0 Å². The van der Waals surface area contributed by atoms with E-state index in [9.17, 15) is 8.42 Å². The van der Waals surface area contributed by atoms with Gasteiger partial charge < -0.3 is 5.73 Å². The summed E-state index contributed by atoms with van der Waals surface area (Å²) in [5, 5.41) is 0. The summed E-state index contributed by atoms with van der Waals surface area (Å²) in [6.07, 6.45) is 7.00. The van der Waals surface area contributed by atoms with Gasteiger partial charge in [-0.3, -0.25) is 4.90 Å². The number of rotatable bonds is 3. The van der Waals surface area contributed by atoms with Crippen LogP contribution in [0.2, 0.25) is 0 Å². The topological polar surface area (TPSA) is 63.4 Å². The summed E-state index contributed by atoms with van der Waals surface area (Å²) in [4.78, 5) is 2.42. The van der Waals surface area contributed by atoms with Gasteiger partial charge in [0.05, 0.1) is 4.75 Å². The lowest BCUT2D eigenvalue weighted by Crippen LogP contribution is -2.59. The van der Waals surface area contributed by atoms with Crippen LogP contribution in [0.3, 0.4) is 0 Å². The Bertz CT molecular complexity index is 391. The van der Waals surface area contributed by atoms with Crippen LogP contribution in [0.4, 0.5) is 0 Å². The summed E-state index contributed by atoms with van der Waals surface area (Å²) in [5.41, 5.74) is 6.09. The molecule has 2 bridgehead atoms. The lowest BCUT2D eigenvalue weighted by Gasteiger charge is -2.50. The van der Waals surface area contributed by atoms with Gasteiger partial charge in [-0.25, -0.2) is 8.42 Å². The third-order valence-corrected chi connectivity index (χ3v) is 6.87. The predicted octanol–water partition coefficient (Wildman–Crippen LogP) is 1.15. The van der Waals surface area contributed by atoms with Crippen LogP contribution in [-0.4, -0.2) is 49.0 Å². The fourth-order valence-electron chi connectivity index (χ4n) is 3.34. The number of hydrogen-bond acceptors (Lipinski definition) is 4. The Morgan fingerprint density at radius 3 is 2.17 bits per heavy atom. The molecular formula is C13H26N2O2S. The summed E-state index contributed by atoms with van der Waals surface area (Å²) in [6.45, 7) is 4.33. The molecule has 0 aromatic carbocycles. The lowest BCUT2D eigenvalue weighted by atomic mass is 9.81. The van der Waals surface area contributed by atoms with E-state index in [0.29, 0.717) is 24.7 Å². The highest BCUT2D eigenvalue weighted by atomic mass is 32.2. The molecule has 106 valence electrons. The average molecular weight is 274 g/mol. The SMILES string of the molecule is CC(C)(CN1C2CCCC1CC(N)C2)S(C)(=O)=O. The fraction of sp³-hybridized carbons (Fsp3) is 1.00. The smallest absolute Gasteiger partial charge is 0.153 e. The minimum atomic E-state index is -3.02. The molecule has 0 aliphatic carbocycles. The second kappa shape index (κ2) is 4.76. The number of sulfone groups is 1. The van der Waals surface area contributed by atoms with E-state index in [1.165, 1.54) is 25.5 Å². The molecule has 2 unspecified atom stereocenters. The van der Waals surface area contributed by atoms with Gasteiger partial charge in [-0.05, 0) is 39.5 Å². The van der Waals surface area contributed by atoms with Crippen LogP contribution < -0.4 is 5.73 Å². The van der Waals surface area contributed by atoms with E-state index in [1.807, 2.05) is 13.8 Å². The molecule has 0 saturated carbocycles. The minimum Gasteiger partial charge on any atom is -0.328 e. The molecule has 2 aliphatic heterocycles. The van der Waals surface area contributed by atoms with Gasteiger partial charge in [0.2, 0.25) is 0 Å². The van der Waals surface area contributed by atoms with Crippen molar-refractivity contribution in [3.05, 3.63) is 0 Å². The Balaban J connectivity index is 2.14. The zero-order valence-electron chi connectivity index (χ0n) is 11.7. The van der Waals surface area contributed by atoms with Crippen molar-refractivity contribution in [2.75, 3.05) is 12.8 Å². The van der Waals surface area contributed by atoms with Crippen molar-refractivity contribution in [3.8, 4) is 0 Å². The largest absolute Gasteiger partial charge is 0.328 e. The standard InChI is InChI=1S/C13H26N2O2S/c1-13(2,18(3,16)17)9-15-11-5-4-6-12(15)8-10(14)7-11/h10-12H,4-9,14H2,1-3H3. The Morgan fingerprint density at radius 2 is 1.72 bits per heavy atom. The number of fused-ring (bicyclic) bond motifs is 2. The first-order valence-corrected chi connectivity index (χ1v) is 8.81. The van der Waals surface area contributed by atoms with Crippen LogP contribution in [-0.2, 0) is 9.84 Å².